The Kier molecular flexibility index (Phi) is 6.07. The lowest BCUT2D eigenvalue weighted by Crippen LogP contribution is -2.26. The molecule has 0 saturated carbocycles. The van der Waals surface area contributed by atoms with E-state index in [4.69, 9.17) is 0 Å². The summed E-state index contributed by atoms with van der Waals surface area (Å²) >= 11 is 1.92. The van der Waals surface area contributed by atoms with Gasteiger partial charge in [-0.15, -0.1) is 0 Å². The van der Waals surface area contributed by atoms with Crippen LogP contribution in [0.3, 0.4) is 0 Å². The van der Waals surface area contributed by atoms with Gasteiger partial charge in [0.25, 0.3) is 0 Å². The Labute approximate surface area is 110 Å². The average Bonchev–Trinajstić information content (AvgIpc) is 2.29. The summed E-state index contributed by atoms with van der Waals surface area (Å²) in [6.07, 6.45) is 2.17. The zero-order valence-corrected chi connectivity index (χ0v) is 12.5. The molecule has 0 aliphatic carbocycles. The van der Waals surface area contributed by atoms with Gasteiger partial charge in [-0.1, -0.05) is 30.7 Å². The van der Waals surface area contributed by atoms with Crippen LogP contribution in [0.5, 0.6) is 0 Å². The van der Waals surface area contributed by atoms with E-state index in [0.29, 0.717) is 6.04 Å². The second-order valence-electron chi connectivity index (χ2n) is 5.05. The molecular formula is C15H25NS. The summed E-state index contributed by atoms with van der Waals surface area (Å²) in [6.45, 7) is 10.0. The van der Waals surface area contributed by atoms with E-state index in [9.17, 15) is 0 Å². The molecule has 0 saturated heterocycles. The molecule has 17 heavy (non-hydrogen) atoms. The molecule has 1 N–H and O–H groups in total. The number of rotatable bonds is 6. The Morgan fingerprint density at radius 1 is 1.24 bits per heavy atom. The Hall–Kier alpha value is -0.470. The van der Waals surface area contributed by atoms with Crippen molar-refractivity contribution in [2.24, 2.45) is 5.92 Å². The maximum Gasteiger partial charge on any atom is 0.0294 e. The number of nitrogens with one attached hydrogen (secondary N) is 1. The molecule has 0 amide bonds. The van der Waals surface area contributed by atoms with Crippen molar-refractivity contribution in [3.8, 4) is 0 Å². The molecule has 0 aromatic heterocycles. The van der Waals surface area contributed by atoms with Crippen LogP contribution in [-0.4, -0.2) is 18.6 Å². The summed E-state index contributed by atoms with van der Waals surface area (Å²) in [5, 5.41) is 3.64. The second-order valence-corrected chi connectivity index (χ2v) is 5.96. The average molecular weight is 251 g/mol. The summed E-state index contributed by atoms with van der Waals surface area (Å²) < 4.78 is 0. The number of hydrogen-bond acceptors (Lipinski definition) is 2. The van der Waals surface area contributed by atoms with Gasteiger partial charge in [-0.3, -0.25) is 0 Å². The fraction of sp³-hybridized carbons (Fsp3) is 0.600. The minimum absolute atomic E-state index is 0.444. The second kappa shape index (κ2) is 7.07. The van der Waals surface area contributed by atoms with Crippen LogP contribution < -0.4 is 5.32 Å². The number of benzene rings is 1. The number of hydrogen-bond donors (Lipinski definition) is 1. The summed E-state index contributed by atoms with van der Waals surface area (Å²) in [5.41, 5.74) is 4.16. The maximum absolute atomic E-state index is 3.64. The van der Waals surface area contributed by atoms with Crippen LogP contribution in [0.1, 0.15) is 36.6 Å². The van der Waals surface area contributed by atoms with Gasteiger partial charge in [-0.2, -0.15) is 11.8 Å². The molecule has 96 valence electrons. The summed E-state index contributed by atoms with van der Waals surface area (Å²) in [4.78, 5) is 0. The van der Waals surface area contributed by atoms with Crippen molar-refractivity contribution in [2.75, 3.05) is 18.6 Å². The van der Waals surface area contributed by atoms with E-state index in [0.717, 1.165) is 12.5 Å². The van der Waals surface area contributed by atoms with Crippen LogP contribution in [-0.2, 0) is 0 Å². The van der Waals surface area contributed by atoms with E-state index in [1.165, 1.54) is 22.4 Å². The van der Waals surface area contributed by atoms with Gasteiger partial charge < -0.3 is 5.32 Å². The minimum atomic E-state index is 0.444. The van der Waals surface area contributed by atoms with Gasteiger partial charge in [-0.25, -0.2) is 0 Å². The van der Waals surface area contributed by atoms with Crippen molar-refractivity contribution in [3.05, 3.63) is 34.9 Å². The van der Waals surface area contributed by atoms with Gasteiger partial charge in [0.2, 0.25) is 0 Å². The van der Waals surface area contributed by atoms with Crippen LogP contribution in [0.15, 0.2) is 18.2 Å². The largest absolute Gasteiger partial charge is 0.310 e. The predicted octanol–water partition coefficient (Wildman–Crippen LogP) is 3.95. The van der Waals surface area contributed by atoms with Crippen molar-refractivity contribution in [1.29, 1.82) is 0 Å². The van der Waals surface area contributed by atoms with Gasteiger partial charge in [0.1, 0.15) is 0 Å². The highest BCUT2D eigenvalue weighted by Crippen LogP contribution is 2.19. The van der Waals surface area contributed by atoms with Gasteiger partial charge in [0, 0.05) is 6.04 Å². The highest BCUT2D eigenvalue weighted by atomic mass is 32.2. The van der Waals surface area contributed by atoms with Gasteiger partial charge in [-0.05, 0) is 56.4 Å². The summed E-state index contributed by atoms with van der Waals surface area (Å²) in [6, 6.07) is 7.14. The molecule has 1 aromatic rings. The quantitative estimate of drug-likeness (QED) is 0.821. The van der Waals surface area contributed by atoms with Crippen molar-refractivity contribution in [1.82, 2.24) is 5.32 Å². The fourth-order valence-corrected chi connectivity index (χ4v) is 2.74. The van der Waals surface area contributed by atoms with Crippen molar-refractivity contribution >= 4 is 11.8 Å². The van der Waals surface area contributed by atoms with E-state index < -0.39 is 0 Å². The van der Waals surface area contributed by atoms with E-state index in [-0.39, 0.29) is 0 Å². The third kappa shape index (κ3) is 4.72. The molecular weight excluding hydrogens is 226 g/mol. The Balaban J connectivity index is 2.57. The molecule has 2 unspecified atom stereocenters. The fourth-order valence-electron chi connectivity index (χ4n) is 2.06. The lowest BCUT2D eigenvalue weighted by molar-refractivity contribution is 0.499. The SMILES string of the molecule is CSCC(C)CNC(C)c1cc(C)ccc1C. The number of thioether (sulfide) groups is 1. The standard InChI is InChI=1S/C15H25NS/c1-11-6-7-13(3)15(8-11)14(4)16-9-12(2)10-17-5/h6-8,12,14,16H,9-10H2,1-5H3. The smallest absolute Gasteiger partial charge is 0.0294 e. The molecule has 0 bridgehead atoms. The lowest BCUT2D eigenvalue weighted by atomic mass is 9.99. The molecule has 0 aliphatic rings. The summed E-state index contributed by atoms with van der Waals surface area (Å²) in [5.74, 6) is 1.96. The van der Waals surface area contributed by atoms with Gasteiger partial charge in [0.05, 0.1) is 0 Å². The molecule has 0 radical (unpaired) electrons. The molecule has 1 aromatic carbocycles. The summed E-state index contributed by atoms with van der Waals surface area (Å²) in [7, 11) is 0. The van der Waals surface area contributed by atoms with Crippen molar-refractivity contribution in [2.45, 2.75) is 33.7 Å². The molecule has 2 atom stereocenters. The van der Waals surface area contributed by atoms with Crippen LogP contribution in [0.25, 0.3) is 0 Å². The molecule has 0 fully saturated rings. The molecule has 0 aliphatic heterocycles. The van der Waals surface area contributed by atoms with Crippen LogP contribution in [0.2, 0.25) is 0 Å². The highest BCUT2D eigenvalue weighted by Gasteiger charge is 2.09. The number of aryl methyl sites for hydroxylation is 2. The van der Waals surface area contributed by atoms with E-state index in [2.05, 4.69) is 57.5 Å². The van der Waals surface area contributed by atoms with Crippen molar-refractivity contribution in [3.63, 3.8) is 0 Å². The first-order valence-electron chi connectivity index (χ1n) is 6.34. The Bertz CT molecular complexity index is 349. The molecule has 1 rings (SSSR count). The van der Waals surface area contributed by atoms with E-state index in [1.54, 1.807) is 0 Å². The van der Waals surface area contributed by atoms with E-state index in [1.807, 2.05) is 11.8 Å². The van der Waals surface area contributed by atoms with Crippen LogP contribution >= 0.6 is 11.8 Å². The normalized spacial score (nSPS) is 14.6. The Morgan fingerprint density at radius 3 is 2.59 bits per heavy atom. The molecule has 0 heterocycles. The van der Waals surface area contributed by atoms with E-state index >= 15 is 0 Å². The first-order chi connectivity index (χ1) is 8.04. The molecule has 2 heteroatoms. The van der Waals surface area contributed by atoms with Crippen molar-refractivity contribution < 1.29 is 0 Å². The van der Waals surface area contributed by atoms with Gasteiger partial charge >= 0.3 is 0 Å². The monoisotopic (exact) mass is 251 g/mol. The zero-order chi connectivity index (χ0) is 12.8. The van der Waals surface area contributed by atoms with Crippen LogP contribution in [0, 0.1) is 19.8 Å². The van der Waals surface area contributed by atoms with Gasteiger partial charge in [0.15, 0.2) is 0 Å². The third-order valence-electron chi connectivity index (χ3n) is 3.12. The molecule has 1 nitrogen and oxygen atoms in total. The first-order valence-corrected chi connectivity index (χ1v) is 7.73. The third-order valence-corrected chi connectivity index (χ3v) is 4.03. The molecule has 0 spiro atoms. The highest BCUT2D eigenvalue weighted by molar-refractivity contribution is 7.98. The zero-order valence-electron chi connectivity index (χ0n) is 11.7. The lowest BCUT2D eigenvalue weighted by Gasteiger charge is -2.19. The predicted molar refractivity (Wildman–Crippen MR) is 79.9 cm³/mol. The minimum Gasteiger partial charge on any atom is -0.310 e. The van der Waals surface area contributed by atoms with Crippen LogP contribution in [0.4, 0.5) is 0 Å². The topological polar surface area (TPSA) is 12.0 Å². The maximum atomic E-state index is 3.64. The first kappa shape index (κ1) is 14.6. The Morgan fingerprint density at radius 2 is 1.94 bits per heavy atom.